The number of rotatable bonds is 6. The van der Waals surface area contributed by atoms with Gasteiger partial charge in [-0.05, 0) is 48.9 Å². The zero-order chi connectivity index (χ0) is 22.5. The van der Waals surface area contributed by atoms with E-state index in [1.165, 1.54) is 4.90 Å². The van der Waals surface area contributed by atoms with Gasteiger partial charge in [-0.25, -0.2) is 0 Å². The second-order valence-electron chi connectivity index (χ2n) is 7.33. The molecule has 0 fully saturated rings. The second-order valence-corrected chi connectivity index (χ2v) is 7.33. The van der Waals surface area contributed by atoms with Crippen LogP contribution in [-0.2, 0) is 16.2 Å². The lowest BCUT2D eigenvalue weighted by atomic mass is 10.1. The Morgan fingerprint density at radius 3 is 2.78 bits per heavy atom. The molecule has 0 aromatic heterocycles. The molecule has 1 aliphatic rings. The van der Waals surface area contributed by atoms with Crippen molar-refractivity contribution in [3.63, 3.8) is 0 Å². The number of ether oxygens (including phenoxy) is 2. The van der Waals surface area contributed by atoms with Crippen LogP contribution in [0.3, 0.4) is 0 Å². The van der Waals surface area contributed by atoms with Gasteiger partial charge in [0.05, 0.1) is 17.3 Å². The topological polar surface area (TPSA) is 91.7 Å². The van der Waals surface area contributed by atoms with E-state index in [2.05, 4.69) is 11.4 Å². The first-order chi connectivity index (χ1) is 15.5. The molecule has 3 aromatic carbocycles. The zero-order valence-corrected chi connectivity index (χ0v) is 17.4. The number of carbonyl (C=O) groups is 2. The summed E-state index contributed by atoms with van der Waals surface area (Å²) in [5, 5.41) is 11.8. The molecule has 7 nitrogen and oxygen atoms in total. The summed E-state index contributed by atoms with van der Waals surface area (Å²) < 4.78 is 11.4. The summed E-state index contributed by atoms with van der Waals surface area (Å²) in [6.45, 7) is 1.83. The van der Waals surface area contributed by atoms with Crippen molar-refractivity contribution in [2.45, 2.75) is 19.6 Å². The van der Waals surface area contributed by atoms with Crippen LogP contribution in [0.25, 0.3) is 0 Å². The van der Waals surface area contributed by atoms with Crippen LogP contribution in [0.15, 0.2) is 72.8 Å². The van der Waals surface area contributed by atoms with Crippen molar-refractivity contribution < 1.29 is 19.1 Å². The van der Waals surface area contributed by atoms with Gasteiger partial charge in [-0.3, -0.25) is 14.5 Å². The van der Waals surface area contributed by atoms with E-state index in [1.54, 1.807) is 67.6 Å². The first-order valence-electron chi connectivity index (χ1n) is 10.1. The lowest BCUT2D eigenvalue weighted by Crippen LogP contribution is -2.47. The number of nitrogens with zero attached hydrogens (tertiary/aromatic N) is 2. The fraction of sp³-hybridized carbons (Fsp3) is 0.160. The third kappa shape index (κ3) is 4.71. The summed E-state index contributed by atoms with van der Waals surface area (Å²) in [6, 6.07) is 23.4. The van der Waals surface area contributed by atoms with Crippen molar-refractivity contribution in [3.05, 3.63) is 83.9 Å². The normalized spacial score (nSPS) is 14.7. The van der Waals surface area contributed by atoms with Gasteiger partial charge in [0.2, 0.25) is 5.91 Å². The Bertz CT molecular complexity index is 1200. The van der Waals surface area contributed by atoms with Gasteiger partial charge in [-0.1, -0.05) is 30.3 Å². The molecule has 1 atom stereocenters. The number of nitrogens with one attached hydrogen (secondary N) is 1. The molecule has 1 unspecified atom stereocenters. The van der Waals surface area contributed by atoms with Crippen LogP contribution in [-0.4, -0.2) is 24.5 Å². The van der Waals surface area contributed by atoms with E-state index in [-0.39, 0.29) is 18.4 Å². The van der Waals surface area contributed by atoms with E-state index in [1.807, 2.05) is 12.1 Å². The van der Waals surface area contributed by atoms with E-state index in [0.717, 1.165) is 5.56 Å². The fourth-order valence-electron chi connectivity index (χ4n) is 3.43. The standard InChI is InChI=1S/C25H21N3O4/c1-17-25(30)28(22-10-2-3-11-23(22)32-17)15-24(29)27-20-8-5-9-21(13-20)31-16-19-7-4-6-18(12-19)14-26/h2-13,17H,15-16H2,1H3,(H,27,29). The molecule has 0 bridgehead atoms. The second kappa shape index (κ2) is 9.23. The van der Waals surface area contributed by atoms with E-state index in [9.17, 15) is 9.59 Å². The van der Waals surface area contributed by atoms with Crippen LogP contribution in [0.1, 0.15) is 18.1 Å². The smallest absolute Gasteiger partial charge is 0.268 e. The van der Waals surface area contributed by atoms with Gasteiger partial charge in [0.1, 0.15) is 24.7 Å². The molecule has 1 N–H and O–H groups in total. The number of benzene rings is 3. The number of amides is 2. The number of fused-ring (bicyclic) bond motifs is 1. The maximum Gasteiger partial charge on any atom is 0.268 e. The minimum Gasteiger partial charge on any atom is -0.489 e. The third-order valence-electron chi connectivity index (χ3n) is 4.95. The quantitative estimate of drug-likeness (QED) is 0.644. The molecule has 0 aliphatic carbocycles. The minimum absolute atomic E-state index is 0.129. The summed E-state index contributed by atoms with van der Waals surface area (Å²) in [5.41, 5.74) is 2.57. The zero-order valence-electron chi connectivity index (χ0n) is 17.4. The number of anilines is 2. The summed E-state index contributed by atoms with van der Waals surface area (Å²) >= 11 is 0. The van der Waals surface area contributed by atoms with Crippen LogP contribution in [0.5, 0.6) is 11.5 Å². The number of para-hydroxylation sites is 2. The monoisotopic (exact) mass is 427 g/mol. The molecule has 1 aliphatic heterocycles. The predicted molar refractivity (Wildman–Crippen MR) is 119 cm³/mol. The van der Waals surface area contributed by atoms with Crippen LogP contribution in [0.4, 0.5) is 11.4 Å². The summed E-state index contributed by atoms with van der Waals surface area (Å²) in [6.07, 6.45) is -0.658. The number of hydrogen-bond acceptors (Lipinski definition) is 5. The van der Waals surface area contributed by atoms with Crippen molar-refractivity contribution in [3.8, 4) is 17.6 Å². The predicted octanol–water partition coefficient (Wildman–Crippen LogP) is 3.89. The molecule has 0 spiro atoms. The summed E-state index contributed by atoms with van der Waals surface area (Å²) in [5.74, 6) is 0.548. The molecular formula is C25H21N3O4. The number of nitriles is 1. The maximum absolute atomic E-state index is 12.7. The SMILES string of the molecule is CC1Oc2ccccc2N(CC(=O)Nc2cccc(OCc3cccc(C#N)c3)c2)C1=O. The molecule has 32 heavy (non-hydrogen) atoms. The summed E-state index contributed by atoms with van der Waals surface area (Å²) in [7, 11) is 0. The van der Waals surface area contributed by atoms with Crippen molar-refractivity contribution >= 4 is 23.2 Å². The van der Waals surface area contributed by atoms with E-state index in [0.29, 0.717) is 35.0 Å². The molecule has 0 saturated heterocycles. The number of hydrogen-bond donors (Lipinski definition) is 1. The summed E-state index contributed by atoms with van der Waals surface area (Å²) in [4.78, 5) is 26.7. The Morgan fingerprint density at radius 2 is 1.94 bits per heavy atom. The Labute approximate surface area is 185 Å². The molecule has 1 heterocycles. The fourth-order valence-corrected chi connectivity index (χ4v) is 3.43. The molecule has 2 amide bonds. The van der Waals surface area contributed by atoms with Crippen LogP contribution >= 0.6 is 0 Å². The molecule has 4 rings (SSSR count). The minimum atomic E-state index is -0.658. The molecule has 0 saturated carbocycles. The van der Waals surface area contributed by atoms with E-state index < -0.39 is 6.10 Å². The molecule has 0 radical (unpaired) electrons. The Kier molecular flexibility index (Phi) is 6.04. The lowest BCUT2D eigenvalue weighted by molar-refractivity contribution is -0.127. The highest BCUT2D eigenvalue weighted by atomic mass is 16.5. The molecule has 7 heteroatoms. The van der Waals surface area contributed by atoms with Crippen molar-refractivity contribution in [2.24, 2.45) is 0 Å². The maximum atomic E-state index is 12.7. The highest BCUT2D eigenvalue weighted by molar-refractivity contribution is 6.06. The molecule has 160 valence electrons. The average molecular weight is 427 g/mol. The van der Waals surface area contributed by atoms with Gasteiger partial charge in [0.15, 0.2) is 6.10 Å². The van der Waals surface area contributed by atoms with Crippen LogP contribution in [0, 0.1) is 11.3 Å². The highest BCUT2D eigenvalue weighted by Gasteiger charge is 2.32. The Morgan fingerprint density at radius 1 is 1.12 bits per heavy atom. The van der Waals surface area contributed by atoms with Gasteiger partial charge in [0.25, 0.3) is 5.91 Å². The van der Waals surface area contributed by atoms with Crippen molar-refractivity contribution in [1.29, 1.82) is 5.26 Å². The van der Waals surface area contributed by atoms with Gasteiger partial charge < -0.3 is 14.8 Å². The third-order valence-corrected chi connectivity index (χ3v) is 4.95. The van der Waals surface area contributed by atoms with Crippen molar-refractivity contribution in [1.82, 2.24) is 0 Å². The van der Waals surface area contributed by atoms with Crippen molar-refractivity contribution in [2.75, 3.05) is 16.8 Å². The van der Waals surface area contributed by atoms with Crippen LogP contribution < -0.4 is 19.7 Å². The first-order valence-corrected chi connectivity index (χ1v) is 10.1. The van der Waals surface area contributed by atoms with Gasteiger partial charge in [-0.15, -0.1) is 0 Å². The Balaban J connectivity index is 1.41. The highest BCUT2D eigenvalue weighted by Crippen LogP contribution is 2.33. The van der Waals surface area contributed by atoms with Gasteiger partial charge in [0, 0.05) is 11.8 Å². The molecular weight excluding hydrogens is 406 g/mol. The van der Waals surface area contributed by atoms with Gasteiger partial charge in [-0.2, -0.15) is 5.26 Å². The molecule has 3 aromatic rings. The van der Waals surface area contributed by atoms with Gasteiger partial charge >= 0.3 is 0 Å². The average Bonchev–Trinajstić information content (AvgIpc) is 2.81. The van der Waals surface area contributed by atoms with E-state index in [4.69, 9.17) is 14.7 Å². The lowest BCUT2D eigenvalue weighted by Gasteiger charge is -2.32. The first kappa shape index (κ1) is 20.9. The van der Waals surface area contributed by atoms with E-state index >= 15 is 0 Å². The van der Waals surface area contributed by atoms with Crippen LogP contribution in [0.2, 0.25) is 0 Å². The number of carbonyl (C=O) groups excluding carboxylic acids is 2. The Hall–Kier alpha value is -4.31. The largest absolute Gasteiger partial charge is 0.489 e.